The van der Waals surface area contributed by atoms with E-state index in [0.29, 0.717) is 37.4 Å². The third-order valence-electron chi connectivity index (χ3n) is 4.97. The van der Waals surface area contributed by atoms with Gasteiger partial charge in [-0.1, -0.05) is 42.5 Å². The van der Waals surface area contributed by atoms with Crippen molar-refractivity contribution in [1.29, 1.82) is 0 Å². The van der Waals surface area contributed by atoms with Crippen molar-refractivity contribution in [3.05, 3.63) is 60.2 Å². The number of para-hydroxylation sites is 2. The normalized spacial score (nSPS) is 15.9. The number of likely N-dealkylation sites (tertiary alicyclic amines) is 1. The summed E-state index contributed by atoms with van der Waals surface area (Å²) >= 11 is 0. The Kier molecular flexibility index (Phi) is 6.08. The summed E-state index contributed by atoms with van der Waals surface area (Å²) in [5.41, 5.74) is 7.58. The number of hydrogen-bond donors (Lipinski definition) is 2. The van der Waals surface area contributed by atoms with E-state index in [2.05, 4.69) is 5.32 Å². The van der Waals surface area contributed by atoms with E-state index < -0.39 is 6.04 Å². The van der Waals surface area contributed by atoms with Gasteiger partial charge in [-0.2, -0.15) is 0 Å². The van der Waals surface area contributed by atoms with Gasteiger partial charge in [-0.25, -0.2) is 0 Å². The Bertz CT molecular complexity index is 786. The number of benzene rings is 2. The van der Waals surface area contributed by atoms with Crippen molar-refractivity contribution >= 4 is 17.5 Å². The van der Waals surface area contributed by atoms with E-state index in [-0.39, 0.29) is 17.7 Å². The fourth-order valence-electron chi connectivity index (χ4n) is 3.34. The molecule has 6 nitrogen and oxygen atoms in total. The average molecular weight is 367 g/mol. The zero-order valence-corrected chi connectivity index (χ0v) is 15.4. The second-order valence-electron chi connectivity index (χ2n) is 6.68. The van der Waals surface area contributed by atoms with Crippen LogP contribution in [0, 0.1) is 5.92 Å². The lowest BCUT2D eigenvalue weighted by Crippen LogP contribution is -2.45. The maximum atomic E-state index is 12.6. The van der Waals surface area contributed by atoms with Crippen molar-refractivity contribution in [3.8, 4) is 5.75 Å². The van der Waals surface area contributed by atoms with Gasteiger partial charge in [0.2, 0.25) is 11.8 Å². The molecule has 3 rings (SSSR count). The number of nitrogens with one attached hydrogen (secondary N) is 1. The van der Waals surface area contributed by atoms with Gasteiger partial charge in [0.1, 0.15) is 11.8 Å². The van der Waals surface area contributed by atoms with E-state index >= 15 is 0 Å². The van der Waals surface area contributed by atoms with Crippen LogP contribution in [0.3, 0.4) is 0 Å². The molecule has 1 unspecified atom stereocenters. The minimum Gasteiger partial charge on any atom is -0.495 e. The highest BCUT2D eigenvalue weighted by Crippen LogP contribution is 2.26. The second kappa shape index (κ2) is 8.68. The fourth-order valence-corrected chi connectivity index (χ4v) is 3.34. The molecule has 0 radical (unpaired) electrons. The molecule has 1 atom stereocenters. The Hall–Kier alpha value is -2.86. The van der Waals surface area contributed by atoms with Crippen LogP contribution in [0.1, 0.15) is 24.4 Å². The number of amides is 2. The van der Waals surface area contributed by atoms with Crippen molar-refractivity contribution in [2.45, 2.75) is 18.9 Å². The van der Waals surface area contributed by atoms with Crippen LogP contribution in [0.25, 0.3) is 0 Å². The minimum atomic E-state index is -0.662. The van der Waals surface area contributed by atoms with E-state index in [0.717, 1.165) is 5.56 Å². The largest absolute Gasteiger partial charge is 0.495 e. The number of carbonyl (C=O) groups excluding carboxylic acids is 2. The zero-order chi connectivity index (χ0) is 19.2. The third-order valence-corrected chi connectivity index (χ3v) is 4.97. The summed E-state index contributed by atoms with van der Waals surface area (Å²) in [5.74, 6) is 0.364. The van der Waals surface area contributed by atoms with Gasteiger partial charge in [0.15, 0.2) is 0 Å². The Labute approximate surface area is 159 Å². The van der Waals surface area contributed by atoms with Crippen molar-refractivity contribution in [2.24, 2.45) is 11.7 Å². The summed E-state index contributed by atoms with van der Waals surface area (Å²) in [6.45, 7) is 1.06. The van der Waals surface area contributed by atoms with Crippen LogP contribution < -0.4 is 15.8 Å². The topological polar surface area (TPSA) is 84.7 Å². The number of methoxy groups -OCH3 is 1. The van der Waals surface area contributed by atoms with E-state index in [9.17, 15) is 9.59 Å². The summed E-state index contributed by atoms with van der Waals surface area (Å²) in [6.07, 6.45) is 1.24. The molecule has 27 heavy (non-hydrogen) atoms. The van der Waals surface area contributed by atoms with Gasteiger partial charge in [-0.05, 0) is 30.5 Å². The van der Waals surface area contributed by atoms with Gasteiger partial charge in [0.25, 0.3) is 0 Å². The molecule has 0 spiro atoms. The fraction of sp³-hybridized carbons (Fsp3) is 0.333. The number of nitrogens with two attached hydrogens (primary N) is 1. The Morgan fingerprint density at radius 2 is 1.70 bits per heavy atom. The monoisotopic (exact) mass is 367 g/mol. The molecule has 0 aliphatic carbocycles. The van der Waals surface area contributed by atoms with E-state index in [4.69, 9.17) is 10.5 Å². The van der Waals surface area contributed by atoms with Gasteiger partial charge in [0, 0.05) is 19.0 Å². The van der Waals surface area contributed by atoms with Crippen LogP contribution >= 0.6 is 0 Å². The number of rotatable bonds is 5. The molecule has 0 saturated carbocycles. The van der Waals surface area contributed by atoms with E-state index in [1.807, 2.05) is 54.6 Å². The molecule has 1 aliphatic rings. The number of ether oxygens (including phenoxy) is 1. The molecular weight excluding hydrogens is 342 g/mol. The molecule has 1 fully saturated rings. The summed E-state index contributed by atoms with van der Waals surface area (Å²) in [5, 5.41) is 2.93. The smallest absolute Gasteiger partial charge is 0.244 e. The van der Waals surface area contributed by atoms with Crippen LogP contribution in [0.2, 0.25) is 0 Å². The predicted octanol–water partition coefficient (Wildman–Crippen LogP) is 2.57. The van der Waals surface area contributed by atoms with Crippen molar-refractivity contribution in [3.63, 3.8) is 0 Å². The molecular formula is C21H25N3O3. The summed E-state index contributed by atoms with van der Waals surface area (Å²) in [4.78, 5) is 27.0. The summed E-state index contributed by atoms with van der Waals surface area (Å²) in [6, 6.07) is 16.0. The highest BCUT2D eigenvalue weighted by Gasteiger charge is 2.30. The molecule has 0 aromatic heterocycles. The molecule has 2 aromatic rings. The Morgan fingerprint density at radius 3 is 2.37 bits per heavy atom. The molecule has 1 saturated heterocycles. The molecule has 6 heteroatoms. The first-order valence-corrected chi connectivity index (χ1v) is 9.13. The second-order valence-corrected chi connectivity index (χ2v) is 6.68. The van der Waals surface area contributed by atoms with Gasteiger partial charge in [-0.15, -0.1) is 0 Å². The highest BCUT2D eigenvalue weighted by atomic mass is 16.5. The molecule has 142 valence electrons. The van der Waals surface area contributed by atoms with Gasteiger partial charge in [0.05, 0.1) is 12.8 Å². The maximum Gasteiger partial charge on any atom is 0.244 e. The van der Waals surface area contributed by atoms with Gasteiger partial charge < -0.3 is 20.7 Å². The van der Waals surface area contributed by atoms with Crippen LogP contribution in [0.5, 0.6) is 5.75 Å². The van der Waals surface area contributed by atoms with Gasteiger partial charge >= 0.3 is 0 Å². The first-order chi connectivity index (χ1) is 13.1. The lowest BCUT2D eigenvalue weighted by atomic mass is 9.94. The van der Waals surface area contributed by atoms with Crippen molar-refractivity contribution in [2.75, 3.05) is 25.5 Å². The first kappa shape index (κ1) is 18.9. The SMILES string of the molecule is COc1ccccc1NC(=O)C1CCN(C(=O)C(N)c2ccccc2)CC1. The Balaban J connectivity index is 1.55. The molecule has 0 bridgehead atoms. The van der Waals surface area contributed by atoms with Crippen LogP contribution in [0.15, 0.2) is 54.6 Å². The quantitative estimate of drug-likeness (QED) is 0.851. The molecule has 2 amide bonds. The van der Waals surface area contributed by atoms with Gasteiger partial charge in [-0.3, -0.25) is 9.59 Å². The number of carbonyl (C=O) groups is 2. The molecule has 3 N–H and O–H groups in total. The number of piperidine rings is 1. The van der Waals surface area contributed by atoms with E-state index in [1.54, 1.807) is 12.0 Å². The van der Waals surface area contributed by atoms with Crippen LogP contribution in [-0.4, -0.2) is 36.9 Å². The van der Waals surface area contributed by atoms with Crippen molar-refractivity contribution < 1.29 is 14.3 Å². The minimum absolute atomic E-state index is 0.0426. The number of nitrogens with zero attached hydrogens (tertiary/aromatic N) is 1. The van der Waals surface area contributed by atoms with E-state index in [1.165, 1.54) is 0 Å². The zero-order valence-electron chi connectivity index (χ0n) is 15.4. The average Bonchev–Trinajstić information content (AvgIpc) is 2.73. The standard InChI is InChI=1S/C21H25N3O3/c1-27-18-10-6-5-9-17(18)23-20(25)16-11-13-24(14-12-16)21(26)19(22)15-7-3-2-4-8-15/h2-10,16,19H,11-14,22H2,1H3,(H,23,25). The first-order valence-electron chi connectivity index (χ1n) is 9.13. The highest BCUT2D eigenvalue weighted by molar-refractivity contribution is 5.94. The predicted molar refractivity (Wildman–Crippen MR) is 104 cm³/mol. The van der Waals surface area contributed by atoms with Crippen LogP contribution in [-0.2, 0) is 9.59 Å². The lowest BCUT2D eigenvalue weighted by molar-refractivity contribution is -0.135. The van der Waals surface area contributed by atoms with Crippen LogP contribution in [0.4, 0.5) is 5.69 Å². The Morgan fingerprint density at radius 1 is 1.07 bits per heavy atom. The molecule has 2 aromatic carbocycles. The number of hydrogen-bond acceptors (Lipinski definition) is 4. The summed E-state index contributed by atoms with van der Waals surface area (Å²) < 4.78 is 5.27. The third kappa shape index (κ3) is 4.46. The lowest BCUT2D eigenvalue weighted by Gasteiger charge is -2.33. The van der Waals surface area contributed by atoms with Crippen molar-refractivity contribution in [1.82, 2.24) is 4.90 Å². The molecule has 1 heterocycles. The maximum absolute atomic E-state index is 12.6. The number of anilines is 1. The summed E-state index contributed by atoms with van der Waals surface area (Å²) in [7, 11) is 1.57. The molecule has 1 aliphatic heterocycles.